The van der Waals surface area contributed by atoms with Gasteiger partial charge in [0.1, 0.15) is 5.52 Å². The van der Waals surface area contributed by atoms with Crippen molar-refractivity contribution in [1.82, 2.24) is 19.5 Å². The summed E-state index contributed by atoms with van der Waals surface area (Å²) in [7, 11) is 0. The molecule has 0 aliphatic heterocycles. The van der Waals surface area contributed by atoms with Gasteiger partial charge in [0.15, 0.2) is 5.65 Å². The lowest BCUT2D eigenvalue weighted by atomic mass is 10.1. The first kappa shape index (κ1) is 11.3. The van der Waals surface area contributed by atoms with Gasteiger partial charge in [-0.15, -0.1) is 0 Å². The van der Waals surface area contributed by atoms with E-state index in [1.54, 1.807) is 6.92 Å². The molecule has 0 spiro atoms. The first-order valence-corrected chi connectivity index (χ1v) is 5.29. The summed E-state index contributed by atoms with van der Waals surface area (Å²) >= 11 is 0. The van der Waals surface area contributed by atoms with Gasteiger partial charge in [-0.1, -0.05) is 13.8 Å². The topological polar surface area (TPSA) is 101 Å². The van der Waals surface area contributed by atoms with E-state index in [0.717, 1.165) is 0 Å². The van der Waals surface area contributed by atoms with E-state index in [0.29, 0.717) is 11.0 Å². The minimum Gasteiger partial charge on any atom is -0.339 e. The van der Waals surface area contributed by atoms with Gasteiger partial charge in [0.05, 0.1) is 6.33 Å². The van der Waals surface area contributed by atoms with Crippen LogP contribution < -0.4 is 11.2 Å². The number of H-pyrrole nitrogens is 2. The zero-order chi connectivity index (χ0) is 12.6. The highest BCUT2D eigenvalue weighted by atomic mass is 16.2. The van der Waals surface area contributed by atoms with E-state index < -0.39 is 17.2 Å². The van der Waals surface area contributed by atoms with Crippen LogP contribution in [0.25, 0.3) is 11.2 Å². The Hall–Kier alpha value is -2.18. The molecule has 2 aromatic rings. The number of aromatic amines is 2. The summed E-state index contributed by atoms with van der Waals surface area (Å²) in [5.41, 5.74) is -1.12. The smallest absolute Gasteiger partial charge is 0.337 e. The van der Waals surface area contributed by atoms with Gasteiger partial charge in [-0.2, -0.15) is 4.57 Å². The van der Waals surface area contributed by atoms with Crippen molar-refractivity contribution in [2.24, 2.45) is 5.92 Å². The molecule has 7 nitrogen and oxygen atoms in total. The Morgan fingerprint density at radius 2 is 2.24 bits per heavy atom. The molecule has 1 unspecified atom stereocenters. The molecule has 0 saturated heterocycles. The summed E-state index contributed by atoms with van der Waals surface area (Å²) in [5.74, 6) is -0.885. The highest BCUT2D eigenvalue weighted by Crippen LogP contribution is 2.03. The molecule has 0 saturated carbocycles. The summed E-state index contributed by atoms with van der Waals surface area (Å²) in [6.07, 6.45) is 1.85. The molecule has 17 heavy (non-hydrogen) atoms. The summed E-state index contributed by atoms with van der Waals surface area (Å²) < 4.78 is 0.620. The molecule has 0 aliphatic rings. The Morgan fingerprint density at radius 1 is 1.53 bits per heavy atom. The Morgan fingerprint density at radius 3 is 2.88 bits per heavy atom. The summed E-state index contributed by atoms with van der Waals surface area (Å²) in [5, 5.41) is 0. The minimum atomic E-state index is -0.750. The molecular formula is C10H12N4O3. The van der Waals surface area contributed by atoms with E-state index in [2.05, 4.69) is 15.0 Å². The Kier molecular flexibility index (Phi) is 2.66. The standard InChI is InChI=1S/C10H12N4O3/c1-3-5(2)8(15)14-9(16)6-7(12-4-11-6)13-10(14)17/h4-5H,3H2,1-2H3,(H,11,12)(H,13,17). The number of nitrogens with zero attached hydrogens (tertiary/aromatic N) is 2. The number of nitrogens with one attached hydrogen (secondary N) is 2. The van der Waals surface area contributed by atoms with Crippen molar-refractivity contribution in [3.05, 3.63) is 27.2 Å². The summed E-state index contributed by atoms with van der Waals surface area (Å²) in [6.45, 7) is 3.49. The third-order valence-corrected chi connectivity index (χ3v) is 2.74. The maximum Gasteiger partial charge on any atom is 0.337 e. The average Bonchev–Trinajstić information content (AvgIpc) is 2.75. The van der Waals surface area contributed by atoms with Gasteiger partial charge in [0.2, 0.25) is 5.91 Å². The van der Waals surface area contributed by atoms with Crippen molar-refractivity contribution < 1.29 is 4.79 Å². The van der Waals surface area contributed by atoms with Crippen LogP contribution in [-0.2, 0) is 0 Å². The largest absolute Gasteiger partial charge is 0.339 e. The number of hydrogen-bond acceptors (Lipinski definition) is 4. The number of rotatable bonds is 2. The van der Waals surface area contributed by atoms with Gasteiger partial charge in [-0.05, 0) is 6.42 Å². The van der Waals surface area contributed by atoms with Crippen LogP contribution in [-0.4, -0.2) is 25.4 Å². The molecule has 1 atom stereocenters. The lowest BCUT2D eigenvalue weighted by Gasteiger charge is -2.07. The molecule has 2 aromatic heterocycles. The lowest BCUT2D eigenvalue weighted by Crippen LogP contribution is -2.42. The Bertz CT molecular complexity index is 679. The Labute approximate surface area is 95.5 Å². The number of aromatic nitrogens is 4. The maximum atomic E-state index is 11.9. The molecule has 0 aromatic carbocycles. The summed E-state index contributed by atoms with van der Waals surface area (Å²) in [4.78, 5) is 44.2. The van der Waals surface area contributed by atoms with Crippen LogP contribution in [0.4, 0.5) is 0 Å². The second-order valence-electron chi connectivity index (χ2n) is 3.84. The predicted molar refractivity (Wildman–Crippen MR) is 61.1 cm³/mol. The first-order valence-electron chi connectivity index (χ1n) is 5.29. The van der Waals surface area contributed by atoms with Crippen LogP contribution in [0.2, 0.25) is 0 Å². The summed E-state index contributed by atoms with van der Waals surface area (Å²) in [6, 6.07) is 0. The van der Waals surface area contributed by atoms with Crippen molar-refractivity contribution in [3.63, 3.8) is 0 Å². The fourth-order valence-electron chi connectivity index (χ4n) is 1.51. The third-order valence-electron chi connectivity index (χ3n) is 2.74. The average molecular weight is 236 g/mol. The zero-order valence-corrected chi connectivity index (χ0v) is 9.48. The van der Waals surface area contributed by atoms with E-state index >= 15 is 0 Å². The second kappa shape index (κ2) is 4.00. The molecule has 2 N–H and O–H groups in total. The SMILES string of the molecule is CCC(C)C(=O)n1c(=O)[nH]c2nc[nH]c2c1=O. The molecule has 90 valence electrons. The molecule has 2 rings (SSSR count). The quantitative estimate of drug-likeness (QED) is 0.772. The van der Waals surface area contributed by atoms with Crippen molar-refractivity contribution in [3.8, 4) is 0 Å². The number of fused-ring (bicyclic) bond motifs is 1. The third kappa shape index (κ3) is 1.69. The predicted octanol–water partition coefficient (Wildman–Crippen LogP) is 0.0992. The van der Waals surface area contributed by atoms with E-state index in [9.17, 15) is 14.4 Å². The van der Waals surface area contributed by atoms with E-state index in [-0.39, 0.29) is 17.1 Å². The zero-order valence-electron chi connectivity index (χ0n) is 9.48. The van der Waals surface area contributed by atoms with Crippen LogP contribution in [0.15, 0.2) is 15.9 Å². The highest BCUT2D eigenvalue weighted by molar-refractivity contribution is 5.82. The fourth-order valence-corrected chi connectivity index (χ4v) is 1.51. The fraction of sp³-hybridized carbons (Fsp3) is 0.400. The van der Waals surface area contributed by atoms with E-state index in [1.807, 2.05) is 6.92 Å². The number of carbonyl (C=O) groups excluding carboxylic acids is 1. The van der Waals surface area contributed by atoms with Gasteiger partial charge < -0.3 is 4.98 Å². The van der Waals surface area contributed by atoms with Crippen molar-refractivity contribution in [2.45, 2.75) is 20.3 Å². The van der Waals surface area contributed by atoms with Crippen LogP contribution in [0.5, 0.6) is 0 Å². The molecular weight excluding hydrogens is 224 g/mol. The first-order chi connectivity index (χ1) is 8.06. The van der Waals surface area contributed by atoms with Crippen molar-refractivity contribution in [2.75, 3.05) is 0 Å². The van der Waals surface area contributed by atoms with E-state index in [4.69, 9.17) is 0 Å². The van der Waals surface area contributed by atoms with Gasteiger partial charge in [0, 0.05) is 5.92 Å². The van der Waals surface area contributed by atoms with Crippen LogP contribution in [0.3, 0.4) is 0 Å². The molecule has 2 heterocycles. The monoisotopic (exact) mass is 236 g/mol. The lowest BCUT2D eigenvalue weighted by molar-refractivity contribution is 0.0832. The molecule has 0 amide bonds. The number of hydrogen-bond donors (Lipinski definition) is 2. The van der Waals surface area contributed by atoms with Crippen LogP contribution >= 0.6 is 0 Å². The molecule has 0 fully saturated rings. The number of carbonyl (C=O) groups is 1. The van der Waals surface area contributed by atoms with Crippen molar-refractivity contribution in [1.29, 1.82) is 0 Å². The molecule has 7 heteroatoms. The van der Waals surface area contributed by atoms with Gasteiger partial charge in [-0.3, -0.25) is 14.6 Å². The highest BCUT2D eigenvalue weighted by Gasteiger charge is 2.19. The molecule has 0 bridgehead atoms. The van der Waals surface area contributed by atoms with Crippen molar-refractivity contribution >= 4 is 17.1 Å². The molecule has 0 aliphatic carbocycles. The number of imidazole rings is 1. The normalized spacial score (nSPS) is 12.8. The van der Waals surface area contributed by atoms with Gasteiger partial charge >= 0.3 is 5.69 Å². The van der Waals surface area contributed by atoms with E-state index in [1.165, 1.54) is 6.33 Å². The Balaban J connectivity index is 2.73. The molecule has 0 radical (unpaired) electrons. The van der Waals surface area contributed by atoms with Gasteiger partial charge in [0.25, 0.3) is 5.56 Å². The van der Waals surface area contributed by atoms with Gasteiger partial charge in [-0.25, -0.2) is 9.78 Å². The second-order valence-corrected chi connectivity index (χ2v) is 3.84. The maximum absolute atomic E-state index is 11.9. The van der Waals surface area contributed by atoms with Crippen LogP contribution in [0.1, 0.15) is 25.1 Å². The van der Waals surface area contributed by atoms with Crippen LogP contribution in [0, 0.1) is 5.92 Å². The minimum absolute atomic E-state index is 0.126.